The maximum Gasteiger partial charge on any atom is 0.220 e. The number of sulfone groups is 1. The third-order valence-corrected chi connectivity index (χ3v) is 8.71. The molecule has 11 heteroatoms. The van der Waals surface area contributed by atoms with Crippen molar-refractivity contribution in [1.82, 2.24) is 10.3 Å². The number of amides is 1. The molecule has 208 valence electrons. The Morgan fingerprint density at radius 2 is 1.79 bits per heavy atom. The Morgan fingerprint density at radius 1 is 1.08 bits per heavy atom. The van der Waals surface area contributed by atoms with Crippen LogP contribution in [0, 0.1) is 5.92 Å². The summed E-state index contributed by atoms with van der Waals surface area (Å²) in [4.78, 5) is 19.6. The van der Waals surface area contributed by atoms with Gasteiger partial charge in [-0.25, -0.2) is 13.4 Å². The molecule has 1 atom stereocenters. The first kappa shape index (κ1) is 29.5. The number of hydrogen-bond donors (Lipinski definition) is 2. The molecule has 39 heavy (non-hydrogen) atoms. The van der Waals surface area contributed by atoms with E-state index in [1.165, 1.54) is 12.5 Å². The highest BCUT2D eigenvalue weighted by atomic mass is 35.5. The number of pyridine rings is 1. The number of aromatic nitrogens is 1. The summed E-state index contributed by atoms with van der Waals surface area (Å²) in [5, 5.41) is 8.10. The van der Waals surface area contributed by atoms with Crippen molar-refractivity contribution in [2.75, 3.05) is 29.6 Å². The van der Waals surface area contributed by atoms with E-state index in [0.717, 1.165) is 24.0 Å². The van der Waals surface area contributed by atoms with Crippen molar-refractivity contribution in [1.29, 1.82) is 0 Å². The molecule has 2 N–H and O–H groups in total. The van der Waals surface area contributed by atoms with Crippen molar-refractivity contribution >= 4 is 62.1 Å². The Hall–Kier alpha value is -2.52. The number of nitrogens with one attached hydrogen (secondary N) is 2. The van der Waals surface area contributed by atoms with Gasteiger partial charge < -0.3 is 15.5 Å². The lowest BCUT2D eigenvalue weighted by Crippen LogP contribution is -2.37. The van der Waals surface area contributed by atoms with Gasteiger partial charge in [0, 0.05) is 53.6 Å². The number of nitrogens with zero attached hydrogens (tertiary/aromatic N) is 2. The van der Waals surface area contributed by atoms with Gasteiger partial charge in [-0.05, 0) is 67.1 Å². The van der Waals surface area contributed by atoms with Crippen molar-refractivity contribution in [2.24, 2.45) is 5.92 Å². The molecule has 1 saturated heterocycles. The monoisotopic (exact) mass is 608 g/mol. The molecule has 2 heterocycles. The van der Waals surface area contributed by atoms with Crippen LogP contribution in [0.3, 0.4) is 0 Å². The molecule has 0 radical (unpaired) electrons. The first-order valence-electron chi connectivity index (χ1n) is 12.7. The molecule has 0 spiro atoms. The second-order valence-electron chi connectivity index (χ2n) is 9.89. The number of anilines is 2. The lowest BCUT2D eigenvalue weighted by molar-refractivity contribution is -0.122. The number of carbonyl (C=O) groups excluding carboxylic acids is 1. The highest BCUT2D eigenvalue weighted by molar-refractivity contribution is 7.90. The SMILES string of the molecule is CC(NC(=O)CC1CCN(c2ncc(S(C)(=O)=O)cc2NCc2cccc(Cl)c2)CC1)c1ccc(Cl)cc1Cl. The van der Waals surface area contributed by atoms with Gasteiger partial charge >= 0.3 is 0 Å². The standard InChI is InChI=1S/C28H31Cl3N4O3S/c1-18(24-7-6-22(30)14-25(24)31)34-27(36)13-19-8-10-35(11-9-19)28-26(15-23(17-33-28)39(2,37)38)32-16-20-4-3-5-21(29)12-20/h3-7,12,14-15,17-19,32H,8-11,13,16H2,1-2H3,(H,34,36). The summed E-state index contributed by atoms with van der Waals surface area (Å²) < 4.78 is 24.4. The van der Waals surface area contributed by atoms with Crippen molar-refractivity contribution in [3.63, 3.8) is 0 Å². The van der Waals surface area contributed by atoms with Crippen molar-refractivity contribution < 1.29 is 13.2 Å². The highest BCUT2D eigenvalue weighted by Crippen LogP contribution is 2.32. The van der Waals surface area contributed by atoms with Crippen LogP contribution in [0.1, 0.15) is 43.4 Å². The lowest BCUT2D eigenvalue weighted by Gasteiger charge is -2.34. The van der Waals surface area contributed by atoms with Gasteiger partial charge in [-0.3, -0.25) is 4.79 Å². The van der Waals surface area contributed by atoms with Crippen LogP contribution in [-0.4, -0.2) is 38.7 Å². The lowest BCUT2D eigenvalue weighted by atomic mass is 9.93. The Balaban J connectivity index is 1.39. The van der Waals surface area contributed by atoms with E-state index >= 15 is 0 Å². The molecule has 1 aromatic heterocycles. The maximum atomic E-state index is 12.8. The van der Waals surface area contributed by atoms with E-state index in [0.29, 0.717) is 52.6 Å². The van der Waals surface area contributed by atoms with Crippen LogP contribution >= 0.6 is 34.8 Å². The van der Waals surface area contributed by atoms with Crippen LogP contribution in [0.15, 0.2) is 59.6 Å². The predicted molar refractivity (Wildman–Crippen MR) is 159 cm³/mol. The van der Waals surface area contributed by atoms with Crippen molar-refractivity contribution in [2.45, 2.75) is 43.7 Å². The number of hydrogen-bond acceptors (Lipinski definition) is 6. The summed E-state index contributed by atoms with van der Waals surface area (Å²) in [7, 11) is -3.42. The zero-order chi connectivity index (χ0) is 28.2. The van der Waals surface area contributed by atoms with Gasteiger partial charge in [0.15, 0.2) is 15.7 Å². The van der Waals surface area contributed by atoms with Crippen molar-refractivity contribution in [3.8, 4) is 0 Å². The van der Waals surface area contributed by atoms with Crippen LogP contribution in [0.25, 0.3) is 0 Å². The van der Waals surface area contributed by atoms with Gasteiger partial charge in [-0.1, -0.05) is 53.0 Å². The number of rotatable bonds is 9. The zero-order valence-electron chi connectivity index (χ0n) is 21.8. The molecule has 1 aliphatic heterocycles. The Labute approximate surface area is 244 Å². The highest BCUT2D eigenvalue weighted by Gasteiger charge is 2.25. The largest absolute Gasteiger partial charge is 0.378 e. The fourth-order valence-corrected chi connectivity index (χ4v) is 6.07. The Bertz CT molecular complexity index is 1440. The number of benzene rings is 2. The summed E-state index contributed by atoms with van der Waals surface area (Å²) in [6.07, 6.45) is 4.62. The topological polar surface area (TPSA) is 91.4 Å². The summed E-state index contributed by atoms with van der Waals surface area (Å²) in [5.74, 6) is 0.900. The van der Waals surface area contributed by atoms with E-state index in [1.54, 1.807) is 24.3 Å². The van der Waals surface area contributed by atoms with Gasteiger partial charge in [-0.15, -0.1) is 0 Å². The van der Waals surface area contributed by atoms with Crippen LogP contribution < -0.4 is 15.5 Å². The number of carbonyl (C=O) groups is 1. The minimum atomic E-state index is -3.42. The molecule has 1 unspecified atom stereocenters. The first-order chi connectivity index (χ1) is 18.5. The van der Waals surface area contributed by atoms with Gasteiger partial charge in [0.1, 0.15) is 0 Å². The molecule has 1 fully saturated rings. The molecule has 1 aliphatic rings. The number of halogens is 3. The van der Waals surface area contributed by atoms with Crippen LogP contribution in [0.2, 0.25) is 15.1 Å². The Kier molecular flexibility index (Phi) is 9.64. The van der Waals surface area contributed by atoms with E-state index < -0.39 is 9.84 Å². The van der Waals surface area contributed by atoms with E-state index in [4.69, 9.17) is 34.8 Å². The minimum Gasteiger partial charge on any atom is -0.378 e. The molecule has 3 aromatic rings. The second kappa shape index (κ2) is 12.8. The third-order valence-electron chi connectivity index (χ3n) is 6.84. The average Bonchev–Trinajstić information content (AvgIpc) is 2.87. The summed E-state index contributed by atoms with van der Waals surface area (Å²) in [6, 6.07) is 14.1. The molecule has 7 nitrogen and oxygen atoms in total. The summed E-state index contributed by atoms with van der Waals surface area (Å²) in [5.41, 5.74) is 2.44. The first-order valence-corrected chi connectivity index (χ1v) is 15.7. The fraction of sp³-hybridized carbons (Fsp3) is 0.357. The number of piperidine rings is 1. The smallest absolute Gasteiger partial charge is 0.220 e. The average molecular weight is 610 g/mol. The third kappa shape index (κ3) is 8.01. The van der Waals surface area contributed by atoms with E-state index in [9.17, 15) is 13.2 Å². The van der Waals surface area contributed by atoms with Crippen LogP contribution in [0.5, 0.6) is 0 Å². The molecule has 0 bridgehead atoms. The van der Waals surface area contributed by atoms with E-state index in [-0.39, 0.29) is 22.8 Å². The van der Waals surface area contributed by atoms with E-state index in [1.807, 2.05) is 31.2 Å². The van der Waals surface area contributed by atoms with Crippen LogP contribution in [0.4, 0.5) is 11.5 Å². The molecule has 1 amide bonds. The molecule has 2 aromatic carbocycles. The van der Waals surface area contributed by atoms with Crippen molar-refractivity contribution in [3.05, 3.63) is 80.9 Å². The molecule has 4 rings (SSSR count). The Morgan fingerprint density at radius 3 is 2.46 bits per heavy atom. The second-order valence-corrected chi connectivity index (χ2v) is 13.2. The van der Waals surface area contributed by atoms with Gasteiger partial charge in [0.25, 0.3) is 0 Å². The molecular formula is C28H31Cl3N4O3S. The maximum absolute atomic E-state index is 12.8. The quantitative estimate of drug-likeness (QED) is 0.286. The zero-order valence-corrected chi connectivity index (χ0v) is 24.8. The van der Waals surface area contributed by atoms with E-state index in [2.05, 4.69) is 20.5 Å². The van der Waals surface area contributed by atoms with Crippen LogP contribution in [-0.2, 0) is 21.2 Å². The fourth-order valence-electron chi connectivity index (χ4n) is 4.71. The summed E-state index contributed by atoms with van der Waals surface area (Å²) >= 11 is 18.4. The molecule has 0 aliphatic carbocycles. The minimum absolute atomic E-state index is 0.0218. The predicted octanol–water partition coefficient (Wildman–Crippen LogP) is 6.54. The molecule has 0 saturated carbocycles. The van der Waals surface area contributed by atoms with Gasteiger partial charge in [0.05, 0.1) is 16.6 Å². The molecular weight excluding hydrogens is 579 g/mol. The van der Waals surface area contributed by atoms with Gasteiger partial charge in [0.2, 0.25) is 5.91 Å². The van der Waals surface area contributed by atoms with Gasteiger partial charge in [-0.2, -0.15) is 0 Å². The normalized spacial score (nSPS) is 15.2. The summed E-state index contributed by atoms with van der Waals surface area (Å²) in [6.45, 7) is 3.77.